The van der Waals surface area contributed by atoms with Gasteiger partial charge in [-0.15, -0.1) is 10.2 Å². The number of hydrogen-bond donors (Lipinski definition) is 2. The lowest BCUT2D eigenvalue weighted by Crippen LogP contribution is -2.25. The third kappa shape index (κ3) is 7.10. The standard InChI is InChI=1S/C15H18N4O4S3/c1-2-23-12(21)9-25-15-19-18-14(26-15)17-11(20)4-3-6-16-13(22)10-5-7-24-8-10/h5,7-8H,2-4,6,9H2,1H3,(H,16,22)(H,17,18,20). The van der Waals surface area contributed by atoms with E-state index in [0.717, 1.165) is 0 Å². The summed E-state index contributed by atoms with van der Waals surface area (Å²) in [5.74, 6) is -0.505. The predicted octanol–water partition coefficient (Wildman–Crippen LogP) is 2.40. The maximum atomic E-state index is 11.9. The van der Waals surface area contributed by atoms with Gasteiger partial charge in [0.05, 0.1) is 12.4 Å². The zero-order valence-electron chi connectivity index (χ0n) is 14.0. The van der Waals surface area contributed by atoms with Crippen molar-refractivity contribution < 1.29 is 19.1 Å². The molecule has 0 radical (unpaired) electrons. The van der Waals surface area contributed by atoms with Crippen LogP contribution in [-0.4, -0.2) is 46.9 Å². The highest BCUT2D eigenvalue weighted by atomic mass is 32.2. The summed E-state index contributed by atoms with van der Waals surface area (Å²) >= 11 is 3.87. The Bertz CT molecular complexity index is 733. The first-order chi connectivity index (χ1) is 12.6. The number of amides is 2. The summed E-state index contributed by atoms with van der Waals surface area (Å²) < 4.78 is 5.41. The number of esters is 1. The molecule has 11 heteroatoms. The highest BCUT2D eigenvalue weighted by Crippen LogP contribution is 2.25. The van der Waals surface area contributed by atoms with Crippen LogP contribution in [0, 0.1) is 0 Å². The van der Waals surface area contributed by atoms with E-state index in [0.29, 0.717) is 34.6 Å². The molecule has 0 saturated carbocycles. The first-order valence-electron chi connectivity index (χ1n) is 7.80. The lowest BCUT2D eigenvalue weighted by atomic mass is 10.2. The number of nitrogens with zero attached hydrogens (tertiary/aromatic N) is 2. The number of anilines is 1. The number of thiophene rings is 1. The van der Waals surface area contributed by atoms with Crippen molar-refractivity contribution in [2.24, 2.45) is 0 Å². The van der Waals surface area contributed by atoms with Crippen molar-refractivity contribution in [3.8, 4) is 0 Å². The fraction of sp³-hybridized carbons (Fsp3) is 0.400. The SMILES string of the molecule is CCOC(=O)CSc1nnc(NC(=O)CCCNC(=O)c2ccsc2)s1. The molecule has 0 aromatic carbocycles. The van der Waals surface area contributed by atoms with Crippen molar-refractivity contribution in [3.05, 3.63) is 22.4 Å². The second kappa shape index (κ2) is 10.9. The maximum absolute atomic E-state index is 11.9. The third-order valence-corrected chi connectivity index (χ3v) is 5.55. The molecule has 2 amide bonds. The molecule has 0 saturated heterocycles. The monoisotopic (exact) mass is 414 g/mol. The molecule has 0 fully saturated rings. The van der Waals surface area contributed by atoms with Crippen LogP contribution in [0.1, 0.15) is 30.1 Å². The van der Waals surface area contributed by atoms with Gasteiger partial charge in [0.1, 0.15) is 0 Å². The summed E-state index contributed by atoms with van der Waals surface area (Å²) in [6, 6.07) is 1.75. The van der Waals surface area contributed by atoms with Gasteiger partial charge in [0.15, 0.2) is 4.34 Å². The van der Waals surface area contributed by atoms with Crippen LogP contribution >= 0.6 is 34.4 Å². The molecule has 2 N–H and O–H groups in total. The van der Waals surface area contributed by atoms with Crippen molar-refractivity contribution in [2.45, 2.75) is 24.1 Å². The van der Waals surface area contributed by atoms with E-state index in [-0.39, 0.29) is 30.0 Å². The van der Waals surface area contributed by atoms with Gasteiger partial charge in [0.25, 0.3) is 5.91 Å². The number of nitrogens with one attached hydrogen (secondary N) is 2. The van der Waals surface area contributed by atoms with Gasteiger partial charge >= 0.3 is 5.97 Å². The minimum atomic E-state index is -0.317. The molecular weight excluding hydrogens is 396 g/mol. The number of thioether (sulfide) groups is 1. The number of aromatic nitrogens is 2. The lowest BCUT2D eigenvalue weighted by Gasteiger charge is -2.03. The number of carbonyl (C=O) groups excluding carboxylic acids is 3. The Balaban J connectivity index is 1.63. The molecule has 140 valence electrons. The molecule has 0 spiro atoms. The quantitative estimate of drug-likeness (QED) is 0.266. The van der Waals surface area contributed by atoms with E-state index in [9.17, 15) is 14.4 Å². The number of hydrogen-bond acceptors (Lipinski definition) is 9. The van der Waals surface area contributed by atoms with Crippen LogP contribution in [0.25, 0.3) is 0 Å². The number of carbonyl (C=O) groups is 3. The van der Waals surface area contributed by atoms with E-state index < -0.39 is 0 Å². The maximum Gasteiger partial charge on any atom is 0.316 e. The Hall–Kier alpha value is -1.98. The van der Waals surface area contributed by atoms with Crippen molar-refractivity contribution in [3.63, 3.8) is 0 Å². The minimum absolute atomic E-state index is 0.140. The largest absolute Gasteiger partial charge is 0.465 e. The minimum Gasteiger partial charge on any atom is -0.465 e. The third-order valence-electron chi connectivity index (χ3n) is 2.92. The molecule has 0 aliphatic heterocycles. The van der Waals surface area contributed by atoms with Gasteiger partial charge in [-0.1, -0.05) is 23.1 Å². The lowest BCUT2D eigenvalue weighted by molar-refractivity contribution is -0.139. The first-order valence-corrected chi connectivity index (χ1v) is 10.5. The molecule has 26 heavy (non-hydrogen) atoms. The summed E-state index contributed by atoms with van der Waals surface area (Å²) in [6.45, 7) is 2.50. The zero-order chi connectivity index (χ0) is 18.8. The van der Waals surface area contributed by atoms with Gasteiger partial charge in [-0.3, -0.25) is 14.4 Å². The molecule has 8 nitrogen and oxygen atoms in total. The molecular formula is C15H18N4O4S3. The molecule has 2 aromatic heterocycles. The Labute approximate surface area is 162 Å². The average molecular weight is 415 g/mol. The highest BCUT2D eigenvalue weighted by Gasteiger charge is 2.11. The van der Waals surface area contributed by atoms with Crippen molar-refractivity contribution in [1.29, 1.82) is 0 Å². The zero-order valence-corrected chi connectivity index (χ0v) is 16.5. The smallest absolute Gasteiger partial charge is 0.316 e. The summed E-state index contributed by atoms with van der Waals surface area (Å²) in [7, 11) is 0. The summed E-state index contributed by atoms with van der Waals surface area (Å²) in [5, 5.41) is 17.2. The molecule has 2 aromatic rings. The molecule has 0 atom stereocenters. The van der Waals surface area contributed by atoms with E-state index in [1.54, 1.807) is 18.4 Å². The summed E-state index contributed by atoms with van der Waals surface area (Å²) in [6.07, 6.45) is 0.778. The van der Waals surface area contributed by atoms with Crippen LogP contribution < -0.4 is 10.6 Å². The van der Waals surface area contributed by atoms with Crippen LogP contribution in [0.2, 0.25) is 0 Å². The van der Waals surface area contributed by atoms with Crippen molar-refractivity contribution in [1.82, 2.24) is 15.5 Å². The van der Waals surface area contributed by atoms with Crippen LogP contribution in [0.4, 0.5) is 5.13 Å². The second-order valence-electron chi connectivity index (χ2n) is 4.89. The van der Waals surface area contributed by atoms with Gasteiger partial charge in [-0.2, -0.15) is 11.3 Å². The van der Waals surface area contributed by atoms with Crippen LogP contribution in [0.5, 0.6) is 0 Å². The Morgan fingerprint density at radius 2 is 2.15 bits per heavy atom. The summed E-state index contributed by atoms with van der Waals surface area (Å²) in [5.41, 5.74) is 0.626. The number of ether oxygens (including phenoxy) is 1. The van der Waals surface area contributed by atoms with Gasteiger partial charge in [0.2, 0.25) is 11.0 Å². The second-order valence-corrected chi connectivity index (χ2v) is 7.87. The van der Waals surface area contributed by atoms with Crippen LogP contribution in [0.3, 0.4) is 0 Å². The normalized spacial score (nSPS) is 10.3. The Kier molecular flexibility index (Phi) is 8.51. The van der Waals surface area contributed by atoms with E-state index in [1.165, 1.54) is 34.4 Å². The molecule has 2 rings (SSSR count). The van der Waals surface area contributed by atoms with E-state index in [2.05, 4.69) is 20.8 Å². The fourth-order valence-electron chi connectivity index (χ4n) is 1.77. The van der Waals surface area contributed by atoms with Crippen molar-refractivity contribution >= 4 is 57.4 Å². The van der Waals surface area contributed by atoms with Crippen molar-refractivity contribution in [2.75, 3.05) is 24.2 Å². The highest BCUT2D eigenvalue weighted by molar-refractivity contribution is 8.01. The Morgan fingerprint density at radius 3 is 2.88 bits per heavy atom. The predicted molar refractivity (Wildman–Crippen MR) is 102 cm³/mol. The molecule has 2 heterocycles. The van der Waals surface area contributed by atoms with E-state index >= 15 is 0 Å². The fourth-order valence-corrected chi connectivity index (χ4v) is 3.97. The molecule has 0 bridgehead atoms. The molecule has 0 aliphatic rings. The van der Waals surface area contributed by atoms with Gasteiger partial charge < -0.3 is 15.4 Å². The summed E-state index contributed by atoms with van der Waals surface area (Å²) in [4.78, 5) is 34.9. The number of rotatable bonds is 10. The van der Waals surface area contributed by atoms with Gasteiger partial charge in [0, 0.05) is 23.9 Å². The van der Waals surface area contributed by atoms with Crippen LogP contribution in [0.15, 0.2) is 21.2 Å². The van der Waals surface area contributed by atoms with Gasteiger partial charge in [-0.05, 0) is 24.8 Å². The van der Waals surface area contributed by atoms with Gasteiger partial charge in [-0.25, -0.2) is 0 Å². The van der Waals surface area contributed by atoms with E-state index in [1.807, 2.05) is 5.38 Å². The Morgan fingerprint density at radius 1 is 1.31 bits per heavy atom. The molecule has 0 aliphatic carbocycles. The topological polar surface area (TPSA) is 110 Å². The average Bonchev–Trinajstić information content (AvgIpc) is 3.29. The molecule has 0 unspecified atom stereocenters. The van der Waals surface area contributed by atoms with Crippen LogP contribution in [-0.2, 0) is 14.3 Å². The van der Waals surface area contributed by atoms with E-state index in [4.69, 9.17) is 4.74 Å². The first kappa shape index (κ1) is 20.3.